The quantitative estimate of drug-likeness (QED) is 0.491. The number of benzene rings is 1. The molecule has 0 aromatic heterocycles. The molecule has 1 aromatic carbocycles. The van der Waals surface area contributed by atoms with Gasteiger partial charge in [0.15, 0.2) is 5.60 Å². The van der Waals surface area contributed by atoms with Gasteiger partial charge in [0, 0.05) is 49.8 Å². The molecule has 0 unspecified atom stereocenters. The number of hydrogen-bond acceptors (Lipinski definition) is 7. The first-order valence-corrected chi connectivity index (χ1v) is 9.90. The lowest BCUT2D eigenvalue weighted by Crippen LogP contribution is -2.38. The van der Waals surface area contributed by atoms with Gasteiger partial charge in [-0.05, 0) is 19.1 Å². The van der Waals surface area contributed by atoms with Gasteiger partial charge in [-0.1, -0.05) is 0 Å². The number of anilines is 2. The number of allylic oxidation sites excluding steroid dienone is 1. The summed E-state index contributed by atoms with van der Waals surface area (Å²) in [5.74, 6) is 0.101. The van der Waals surface area contributed by atoms with Crippen molar-refractivity contribution in [2.75, 3.05) is 36.5 Å². The molecule has 4 rings (SSSR count). The average molecular weight is 431 g/mol. The fourth-order valence-corrected chi connectivity index (χ4v) is 3.70. The Morgan fingerprint density at radius 2 is 2.16 bits per heavy atom. The van der Waals surface area contributed by atoms with Crippen LogP contribution in [0, 0.1) is 5.41 Å². The van der Waals surface area contributed by atoms with Crippen LogP contribution in [-0.4, -0.2) is 56.7 Å². The van der Waals surface area contributed by atoms with Crippen LogP contribution in [0.2, 0.25) is 0 Å². The molecule has 0 saturated carbocycles. The van der Waals surface area contributed by atoms with Gasteiger partial charge < -0.3 is 30.4 Å². The number of rotatable bonds is 5. The normalized spacial score (nSPS) is 23.8. The number of carbonyl (C=O) groups is 1. The molecule has 10 heteroatoms. The van der Waals surface area contributed by atoms with Gasteiger partial charge in [-0.15, -0.1) is 0 Å². The average Bonchev–Trinajstić information content (AvgIpc) is 3.11. The van der Waals surface area contributed by atoms with E-state index in [1.54, 1.807) is 24.4 Å². The molecule has 164 valence electrons. The van der Waals surface area contributed by atoms with E-state index in [0.717, 1.165) is 6.21 Å². The lowest BCUT2D eigenvalue weighted by molar-refractivity contribution is -0.112. The van der Waals surface area contributed by atoms with Gasteiger partial charge in [-0.25, -0.2) is 13.8 Å². The van der Waals surface area contributed by atoms with Crippen LogP contribution in [0.15, 0.2) is 40.8 Å². The van der Waals surface area contributed by atoms with Crippen LogP contribution in [-0.2, 0) is 16.0 Å². The highest BCUT2D eigenvalue weighted by Gasteiger charge is 2.44. The molecule has 1 aromatic rings. The van der Waals surface area contributed by atoms with Crippen LogP contribution in [0.3, 0.4) is 0 Å². The number of aliphatic imine (C=N–C) groups is 1. The van der Waals surface area contributed by atoms with Crippen molar-refractivity contribution in [3.63, 3.8) is 0 Å². The summed E-state index contributed by atoms with van der Waals surface area (Å²) in [5.41, 5.74) is 0.146. The number of alkyl halides is 2. The Balaban J connectivity index is 1.69. The highest BCUT2D eigenvalue weighted by Crippen LogP contribution is 2.43. The van der Waals surface area contributed by atoms with Crippen LogP contribution in [0.25, 0.3) is 0 Å². The van der Waals surface area contributed by atoms with Crippen molar-refractivity contribution in [1.82, 2.24) is 5.32 Å². The molecular weight excluding hydrogens is 408 g/mol. The van der Waals surface area contributed by atoms with E-state index >= 15 is 0 Å². The third-order valence-corrected chi connectivity index (χ3v) is 5.38. The third kappa shape index (κ3) is 4.15. The van der Waals surface area contributed by atoms with Gasteiger partial charge in [0.05, 0.1) is 30.2 Å². The number of morpholine rings is 1. The van der Waals surface area contributed by atoms with E-state index in [1.165, 1.54) is 13.1 Å². The smallest absolute Gasteiger partial charge is 0.277 e. The van der Waals surface area contributed by atoms with E-state index in [0.29, 0.717) is 49.0 Å². The van der Waals surface area contributed by atoms with E-state index in [9.17, 15) is 13.6 Å². The summed E-state index contributed by atoms with van der Waals surface area (Å²) >= 11 is 0. The van der Waals surface area contributed by atoms with Gasteiger partial charge in [-0.3, -0.25) is 4.79 Å². The molecule has 1 saturated heterocycles. The van der Waals surface area contributed by atoms with Crippen molar-refractivity contribution in [1.29, 1.82) is 5.41 Å². The third-order valence-electron chi connectivity index (χ3n) is 5.38. The lowest BCUT2D eigenvalue weighted by atomic mass is 9.99. The Morgan fingerprint density at radius 1 is 1.39 bits per heavy atom. The minimum Gasteiger partial charge on any atom is -0.481 e. The van der Waals surface area contributed by atoms with Crippen LogP contribution >= 0.6 is 0 Å². The number of amides is 1. The minimum atomic E-state index is -2.65. The molecule has 0 aliphatic carbocycles. The van der Waals surface area contributed by atoms with Crippen molar-refractivity contribution in [2.24, 2.45) is 4.99 Å². The number of ether oxygens (including phenoxy) is 2. The summed E-state index contributed by atoms with van der Waals surface area (Å²) in [5, 5.41) is 13.3. The van der Waals surface area contributed by atoms with Crippen LogP contribution in [0.5, 0.6) is 5.75 Å². The second kappa shape index (κ2) is 8.46. The fourth-order valence-electron chi connectivity index (χ4n) is 3.70. The minimum absolute atomic E-state index is 0.0292. The number of nitrogens with one attached hydrogen (secondary N) is 3. The first-order chi connectivity index (χ1) is 14.9. The maximum absolute atomic E-state index is 13.5. The van der Waals surface area contributed by atoms with E-state index in [-0.39, 0.29) is 17.8 Å². The molecule has 0 spiro atoms. The fraction of sp³-hybridized carbons (Fsp3) is 0.381. The van der Waals surface area contributed by atoms with Gasteiger partial charge in [0.1, 0.15) is 11.6 Å². The van der Waals surface area contributed by atoms with E-state index in [2.05, 4.69) is 15.6 Å². The molecule has 8 nitrogen and oxygen atoms in total. The summed E-state index contributed by atoms with van der Waals surface area (Å²) in [6, 6.07) is 3.37. The summed E-state index contributed by atoms with van der Waals surface area (Å²) in [4.78, 5) is 19.1. The van der Waals surface area contributed by atoms with Gasteiger partial charge >= 0.3 is 0 Å². The van der Waals surface area contributed by atoms with Crippen LogP contribution in [0.1, 0.15) is 12.5 Å². The van der Waals surface area contributed by atoms with Crippen molar-refractivity contribution in [3.05, 3.63) is 41.4 Å². The van der Waals surface area contributed by atoms with Crippen molar-refractivity contribution in [2.45, 2.75) is 25.4 Å². The zero-order chi connectivity index (χ0) is 22.0. The van der Waals surface area contributed by atoms with Crippen LogP contribution < -0.4 is 20.3 Å². The summed E-state index contributed by atoms with van der Waals surface area (Å²) < 4.78 is 38.1. The van der Waals surface area contributed by atoms with Crippen molar-refractivity contribution >= 4 is 29.7 Å². The van der Waals surface area contributed by atoms with Crippen molar-refractivity contribution < 1.29 is 23.0 Å². The Morgan fingerprint density at radius 3 is 2.81 bits per heavy atom. The second-order valence-corrected chi connectivity index (χ2v) is 7.61. The number of hydrogen-bond donors (Lipinski definition) is 3. The largest absolute Gasteiger partial charge is 0.481 e. The molecule has 1 amide bonds. The van der Waals surface area contributed by atoms with E-state index in [1.807, 2.05) is 4.90 Å². The standard InChI is InChI=1S/C21H23F2N5O3/c1-21(20(22)23)11-13-9-15(16(10-17(13)31-21)28-5-7-30-8-6-28)27-19(29)14(12-24)18-25-3-2-4-26-18/h2-4,9-10,12,20,24-25H,5-8,11H2,1H3,(H,27,29)/b18-14-,24-12?/t21-/m1/s1. The van der Waals surface area contributed by atoms with Gasteiger partial charge in [0.2, 0.25) is 0 Å². The number of halogens is 2. The maximum Gasteiger partial charge on any atom is 0.277 e. The maximum atomic E-state index is 13.5. The zero-order valence-corrected chi connectivity index (χ0v) is 17.0. The highest BCUT2D eigenvalue weighted by atomic mass is 19.3. The first kappa shape index (κ1) is 21.0. The molecule has 3 N–H and O–H groups in total. The number of fused-ring (bicyclic) bond motifs is 1. The van der Waals surface area contributed by atoms with E-state index in [4.69, 9.17) is 14.9 Å². The Bertz CT molecular complexity index is 985. The summed E-state index contributed by atoms with van der Waals surface area (Å²) in [6.07, 6.45) is 3.09. The molecule has 1 fully saturated rings. The number of nitrogens with zero attached hydrogens (tertiary/aromatic N) is 2. The molecule has 3 aliphatic heterocycles. The molecule has 0 radical (unpaired) electrons. The topological polar surface area (TPSA) is 99.0 Å². The lowest BCUT2D eigenvalue weighted by Gasteiger charge is -2.31. The molecule has 3 aliphatic rings. The Labute approximate surface area is 178 Å². The Kier molecular flexibility index (Phi) is 5.73. The van der Waals surface area contributed by atoms with Gasteiger partial charge in [-0.2, -0.15) is 0 Å². The second-order valence-electron chi connectivity index (χ2n) is 7.61. The predicted octanol–water partition coefficient (Wildman–Crippen LogP) is 2.47. The molecule has 3 heterocycles. The first-order valence-electron chi connectivity index (χ1n) is 9.90. The van der Waals surface area contributed by atoms with Crippen LogP contribution in [0.4, 0.5) is 20.2 Å². The van der Waals surface area contributed by atoms with E-state index < -0.39 is 17.9 Å². The molecular formula is C21H23F2N5O3. The number of carbonyl (C=O) groups excluding carboxylic acids is 1. The molecule has 1 atom stereocenters. The zero-order valence-electron chi connectivity index (χ0n) is 17.0. The predicted molar refractivity (Wildman–Crippen MR) is 113 cm³/mol. The monoisotopic (exact) mass is 431 g/mol. The molecule has 0 bridgehead atoms. The highest BCUT2D eigenvalue weighted by molar-refractivity contribution is 6.18. The summed E-state index contributed by atoms with van der Waals surface area (Å²) in [6.45, 7) is 3.58. The summed E-state index contributed by atoms with van der Waals surface area (Å²) in [7, 11) is 0. The van der Waals surface area contributed by atoms with Gasteiger partial charge in [0.25, 0.3) is 12.3 Å². The molecule has 31 heavy (non-hydrogen) atoms. The Hall–Kier alpha value is -3.27. The SMILES string of the molecule is C[C@]1(C(F)F)Cc2cc(NC(=O)/C(C=N)=C3\N=CC=CN3)c(N3CCOCC3)cc2O1. The van der Waals surface area contributed by atoms with Crippen molar-refractivity contribution in [3.8, 4) is 5.75 Å².